The Balaban J connectivity index is 3.03. The van der Waals surface area contributed by atoms with Gasteiger partial charge in [-0.2, -0.15) is 4.37 Å². The molecule has 1 aromatic rings. The molecule has 0 aliphatic carbocycles. The number of carbonyl (C=O) groups excluding carboxylic acids is 2. The standard InChI is InChI=1S/C10H17N5O2S/c1-2-3-4-15(5-6(11)16)10-7(9(13)17)8(12)14-18-10/h2-5H2,1H3,(H2,11,16)(H2,12,14)(H2,13,17). The summed E-state index contributed by atoms with van der Waals surface area (Å²) in [6, 6.07) is 0. The average Bonchev–Trinajstić information content (AvgIpc) is 2.65. The van der Waals surface area contributed by atoms with Crippen LogP contribution in [0.3, 0.4) is 0 Å². The number of anilines is 2. The molecule has 0 unspecified atom stereocenters. The third kappa shape index (κ3) is 3.33. The molecular formula is C10H17N5O2S. The number of primary amides is 2. The number of nitrogens with two attached hydrogens (primary N) is 3. The molecule has 2 amide bonds. The average molecular weight is 271 g/mol. The fraction of sp³-hybridized carbons (Fsp3) is 0.500. The van der Waals surface area contributed by atoms with Crippen molar-refractivity contribution in [1.29, 1.82) is 0 Å². The van der Waals surface area contributed by atoms with Crippen molar-refractivity contribution in [2.45, 2.75) is 19.8 Å². The Morgan fingerprint density at radius 2 is 2.06 bits per heavy atom. The molecule has 0 fully saturated rings. The Kier molecular flexibility index (Phi) is 4.90. The summed E-state index contributed by atoms with van der Waals surface area (Å²) in [7, 11) is 0. The van der Waals surface area contributed by atoms with Crippen molar-refractivity contribution in [1.82, 2.24) is 4.37 Å². The Hall–Kier alpha value is -1.83. The van der Waals surface area contributed by atoms with E-state index in [-0.39, 0.29) is 17.9 Å². The number of aromatic nitrogens is 1. The highest BCUT2D eigenvalue weighted by atomic mass is 32.1. The topological polar surface area (TPSA) is 128 Å². The van der Waals surface area contributed by atoms with Crippen LogP contribution in [0.5, 0.6) is 0 Å². The summed E-state index contributed by atoms with van der Waals surface area (Å²) in [5, 5.41) is 0.507. The maximum absolute atomic E-state index is 11.3. The van der Waals surface area contributed by atoms with Crippen LogP contribution in [0.4, 0.5) is 10.8 Å². The van der Waals surface area contributed by atoms with Gasteiger partial charge >= 0.3 is 0 Å². The summed E-state index contributed by atoms with van der Waals surface area (Å²) in [6.45, 7) is 2.64. The van der Waals surface area contributed by atoms with E-state index in [9.17, 15) is 9.59 Å². The number of carbonyl (C=O) groups is 2. The van der Waals surface area contributed by atoms with Crippen LogP contribution in [-0.4, -0.2) is 29.3 Å². The third-order valence-corrected chi connectivity index (χ3v) is 3.29. The number of amides is 2. The highest BCUT2D eigenvalue weighted by Crippen LogP contribution is 2.30. The Morgan fingerprint density at radius 3 is 2.56 bits per heavy atom. The van der Waals surface area contributed by atoms with Crippen LogP contribution in [0.25, 0.3) is 0 Å². The Bertz CT molecular complexity index is 445. The van der Waals surface area contributed by atoms with Crippen LogP contribution in [0.1, 0.15) is 30.1 Å². The van der Waals surface area contributed by atoms with Gasteiger partial charge in [-0.05, 0) is 18.0 Å². The van der Waals surface area contributed by atoms with E-state index in [1.54, 1.807) is 4.90 Å². The second-order valence-corrected chi connectivity index (χ2v) is 4.61. The molecule has 0 bridgehead atoms. The predicted octanol–water partition coefficient (Wildman–Crippen LogP) is -0.0840. The van der Waals surface area contributed by atoms with Crippen LogP contribution < -0.4 is 22.1 Å². The summed E-state index contributed by atoms with van der Waals surface area (Å²) in [5.41, 5.74) is 16.2. The summed E-state index contributed by atoms with van der Waals surface area (Å²) < 4.78 is 3.90. The van der Waals surface area contributed by atoms with E-state index in [0.717, 1.165) is 24.4 Å². The zero-order valence-electron chi connectivity index (χ0n) is 10.2. The minimum atomic E-state index is -0.651. The minimum absolute atomic E-state index is 0.0158. The third-order valence-electron chi connectivity index (χ3n) is 2.36. The maximum atomic E-state index is 11.3. The smallest absolute Gasteiger partial charge is 0.255 e. The molecule has 0 aromatic carbocycles. The molecule has 1 rings (SSSR count). The molecule has 0 saturated heterocycles. The zero-order chi connectivity index (χ0) is 13.7. The molecule has 0 radical (unpaired) electrons. The van der Waals surface area contributed by atoms with Crippen LogP contribution in [-0.2, 0) is 4.79 Å². The highest BCUT2D eigenvalue weighted by Gasteiger charge is 2.22. The minimum Gasteiger partial charge on any atom is -0.382 e. The summed E-state index contributed by atoms with van der Waals surface area (Å²) in [6.07, 6.45) is 1.82. The molecule has 100 valence electrons. The van der Waals surface area contributed by atoms with E-state index in [1.807, 2.05) is 6.92 Å². The zero-order valence-corrected chi connectivity index (χ0v) is 11.0. The Morgan fingerprint density at radius 1 is 1.39 bits per heavy atom. The maximum Gasteiger partial charge on any atom is 0.255 e. The monoisotopic (exact) mass is 271 g/mol. The first-order valence-electron chi connectivity index (χ1n) is 5.55. The summed E-state index contributed by atoms with van der Waals surface area (Å²) in [4.78, 5) is 24.1. The van der Waals surface area contributed by atoms with E-state index in [0.29, 0.717) is 11.5 Å². The highest BCUT2D eigenvalue weighted by molar-refractivity contribution is 7.11. The van der Waals surface area contributed by atoms with Gasteiger partial charge in [-0.1, -0.05) is 13.3 Å². The van der Waals surface area contributed by atoms with E-state index in [4.69, 9.17) is 17.2 Å². The first kappa shape index (κ1) is 14.2. The SMILES string of the molecule is CCCCN(CC(N)=O)c1snc(N)c1C(N)=O. The summed E-state index contributed by atoms with van der Waals surface area (Å²) >= 11 is 1.05. The van der Waals surface area contributed by atoms with Crippen LogP contribution >= 0.6 is 11.5 Å². The molecule has 0 atom stereocenters. The van der Waals surface area contributed by atoms with Crippen molar-refractivity contribution in [2.24, 2.45) is 11.5 Å². The predicted molar refractivity (Wildman–Crippen MR) is 71.4 cm³/mol. The van der Waals surface area contributed by atoms with Gasteiger partial charge in [0.1, 0.15) is 10.6 Å². The lowest BCUT2D eigenvalue weighted by molar-refractivity contribution is -0.116. The van der Waals surface area contributed by atoms with Gasteiger partial charge in [-0.15, -0.1) is 0 Å². The van der Waals surface area contributed by atoms with Gasteiger partial charge in [-0.3, -0.25) is 9.59 Å². The molecule has 0 saturated carbocycles. The normalized spacial score (nSPS) is 10.3. The number of hydrogen-bond donors (Lipinski definition) is 3. The van der Waals surface area contributed by atoms with Crippen LogP contribution in [0, 0.1) is 0 Å². The number of rotatable bonds is 7. The molecule has 0 aliphatic rings. The number of nitrogens with zero attached hydrogens (tertiary/aromatic N) is 2. The second-order valence-electron chi connectivity index (χ2n) is 3.85. The van der Waals surface area contributed by atoms with Crippen molar-refractivity contribution in [2.75, 3.05) is 23.7 Å². The lowest BCUT2D eigenvalue weighted by atomic mass is 10.2. The van der Waals surface area contributed by atoms with Crippen molar-refractivity contribution in [3.8, 4) is 0 Å². The quantitative estimate of drug-likeness (QED) is 0.638. The summed E-state index contributed by atoms with van der Waals surface area (Å²) in [5.74, 6) is -1.04. The fourth-order valence-electron chi connectivity index (χ4n) is 1.53. The van der Waals surface area contributed by atoms with Crippen molar-refractivity contribution in [3.05, 3.63) is 5.56 Å². The van der Waals surface area contributed by atoms with E-state index in [2.05, 4.69) is 4.37 Å². The van der Waals surface area contributed by atoms with E-state index in [1.165, 1.54) is 0 Å². The fourth-order valence-corrected chi connectivity index (χ4v) is 2.37. The molecule has 7 nitrogen and oxygen atoms in total. The lowest BCUT2D eigenvalue weighted by Crippen LogP contribution is -2.35. The van der Waals surface area contributed by atoms with Crippen molar-refractivity contribution in [3.63, 3.8) is 0 Å². The van der Waals surface area contributed by atoms with Crippen LogP contribution in [0.15, 0.2) is 0 Å². The largest absolute Gasteiger partial charge is 0.382 e. The number of hydrogen-bond acceptors (Lipinski definition) is 6. The molecule has 1 aromatic heterocycles. The van der Waals surface area contributed by atoms with Crippen molar-refractivity contribution < 1.29 is 9.59 Å². The van der Waals surface area contributed by atoms with Gasteiger partial charge in [-0.25, -0.2) is 0 Å². The lowest BCUT2D eigenvalue weighted by Gasteiger charge is -2.21. The molecular weight excluding hydrogens is 254 g/mol. The van der Waals surface area contributed by atoms with Crippen LogP contribution in [0.2, 0.25) is 0 Å². The van der Waals surface area contributed by atoms with Gasteiger partial charge < -0.3 is 22.1 Å². The number of nitrogen functional groups attached to an aromatic ring is 1. The molecule has 8 heteroatoms. The van der Waals surface area contributed by atoms with Gasteiger partial charge in [0.2, 0.25) is 5.91 Å². The first-order valence-corrected chi connectivity index (χ1v) is 6.32. The molecule has 18 heavy (non-hydrogen) atoms. The van der Waals surface area contributed by atoms with Gasteiger partial charge in [0.25, 0.3) is 5.91 Å². The molecule has 1 heterocycles. The van der Waals surface area contributed by atoms with Gasteiger partial charge in [0.15, 0.2) is 5.82 Å². The van der Waals surface area contributed by atoms with Gasteiger partial charge in [0, 0.05) is 6.54 Å². The number of unbranched alkanes of at least 4 members (excludes halogenated alkanes) is 1. The second kappa shape index (κ2) is 6.20. The molecule has 0 aliphatic heterocycles. The first-order chi connectivity index (χ1) is 8.47. The molecule has 6 N–H and O–H groups in total. The van der Waals surface area contributed by atoms with Crippen molar-refractivity contribution >= 4 is 34.2 Å². The Labute approximate surface area is 109 Å². The van der Waals surface area contributed by atoms with Gasteiger partial charge in [0.05, 0.1) is 6.54 Å². The van der Waals surface area contributed by atoms with E-state index >= 15 is 0 Å². The van der Waals surface area contributed by atoms with E-state index < -0.39 is 11.8 Å². The molecule has 0 spiro atoms.